The minimum absolute atomic E-state index is 0.514. The molecule has 0 radical (unpaired) electrons. The fourth-order valence-corrected chi connectivity index (χ4v) is 2.17. The van der Waals surface area contributed by atoms with Gasteiger partial charge in [-0.25, -0.2) is 0 Å². The van der Waals surface area contributed by atoms with Crippen LogP contribution in [0.25, 0.3) is 11.0 Å². The van der Waals surface area contributed by atoms with Crippen molar-refractivity contribution in [1.29, 1.82) is 0 Å². The Kier molecular flexibility index (Phi) is 6.57. The van der Waals surface area contributed by atoms with E-state index in [4.69, 9.17) is 4.74 Å². The highest BCUT2D eigenvalue weighted by atomic mass is 16.5. The molecule has 2 heterocycles. The van der Waals surface area contributed by atoms with Crippen LogP contribution in [0.15, 0.2) is 24.3 Å². The first-order valence-electron chi connectivity index (χ1n) is 7.76. The number of benzene rings is 1. The second kappa shape index (κ2) is 8.67. The lowest BCUT2D eigenvalue weighted by molar-refractivity contribution is -0.541. The molecule has 1 saturated heterocycles. The van der Waals surface area contributed by atoms with Crippen LogP contribution in [0.2, 0.25) is 0 Å². The van der Waals surface area contributed by atoms with Gasteiger partial charge in [0.05, 0.1) is 17.8 Å². The highest BCUT2D eigenvalue weighted by Crippen LogP contribution is 2.35. The van der Waals surface area contributed by atoms with Crippen molar-refractivity contribution >= 4 is 11.0 Å². The highest BCUT2D eigenvalue weighted by Gasteiger charge is 2.32. The van der Waals surface area contributed by atoms with Crippen molar-refractivity contribution in [2.75, 3.05) is 40.4 Å². The van der Waals surface area contributed by atoms with E-state index in [1.165, 1.54) is 12.8 Å². The van der Waals surface area contributed by atoms with Crippen molar-refractivity contribution in [2.45, 2.75) is 18.9 Å². The van der Waals surface area contributed by atoms with Crippen molar-refractivity contribution in [3.05, 3.63) is 29.2 Å². The molecule has 22 heavy (non-hydrogen) atoms. The van der Waals surface area contributed by atoms with E-state index >= 15 is 0 Å². The number of hydrogen-bond donors (Lipinski definition) is 3. The third kappa shape index (κ3) is 4.66. The molecule has 0 bridgehead atoms. The molecule has 2 aliphatic rings. The zero-order chi connectivity index (χ0) is 15.8. The summed E-state index contributed by atoms with van der Waals surface area (Å²) in [5.74, 6) is 0. The Morgan fingerprint density at radius 1 is 1.23 bits per heavy atom. The standard InChI is InChI=1S/C9H10N3O.C4H9NO.C2H7N/c13-12-9-4-2-1-3-8(9)11(10-12)7-5-6-7;1-3-6-4-2-5-1;1-3-2/h1-4,7H,5-6H2,(H,10,13);5H,1-4H2;3H,1-2H3/q+1;;. The Bertz CT molecular complexity index is 602. The van der Waals surface area contributed by atoms with Gasteiger partial charge >= 0.3 is 0 Å². The maximum absolute atomic E-state index is 11.4. The molecule has 3 N–H and O–H groups in total. The minimum atomic E-state index is 0.514. The quantitative estimate of drug-likeness (QED) is 0.677. The molecule has 0 amide bonds. The molecule has 1 saturated carbocycles. The molecule has 1 aliphatic carbocycles. The van der Waals surface area contributed by atoms with Gasteiger partial charge in [0.25, 0.3) is 0 Å². The van der Waals surface area contributed by atoms with E-state index in [9.17, 15) is 4.91 Å². The molecule has 0 spiro atoms. The molecule has 0 atom stereocenters. The number of nitrogens with zero attached hydrogens (tertiary/aromatic N) is 2. The second-order valence-corrected chi connectivity index (χ2v) is 5.35. The van der Waals surface area contributed by atoms with Crippen molar-refractivity contribution in [1.82, 2.24) is 20.5 Å². The maximum atomic E-state index is 11.4. The predicted octanol–water partition coefficient (Wildman–Crippen LogP) is 0.661. The average Bonchev–Trinajstić information content (AvgIpc) is 3.36. The molecule has 122 valence electrons. The van der Waals surface area contributed by atoms with Gasteiger partial charge < -0.3 is 15.4 Å². The number of aromatic nitrogens is 3. The molecule has 2 fully saturated rings. The summed E-state index contributed by atoms with van der Waals surface area (Å²) < 4.78 is 7.79. The largest absolute Gasteiger partial charge is 0.379 e. The number of aromatic amines is 1. The van der Waals surface area contributed by atoms with E-state index in [2.05, 4.69) is 15.8 Å². The summed E-state index contributed by atoms with van der Waals surface area (Å²) in [6.45, 7) is 3.83. The SMILES string of the molecule is C1COCCN1.CNC.O=[n+]1[nH]n(C2CC2)c2ccccc21. The van der Waals surface area contributed by atoms with Crippen LogP contribution in [0, 0.1) is 4.91 Å². The molecule has 2 aromatic rings. The maximum Gasteiger partial charge on any atom is 0.249 e. The third-order valence-corrected chi connectivity index (χ3v) is 3.32. The fourth-order valence-electron chi connectivity index (χ4n) is 2.17. The molecule has 1 aromatic carbocycles. The Balaban J connectivity index is 0.000000165. The Morgan fingerprint density at radius 2 is 1.86 bits per heavy atom. The summed E-state index contributed by atoms with van der Waals surface area (Å²) in [6, 6.07) is 8.15. The predicted molar refractivity (Wildman–Crippen MR) is 86.6 cm³/mol. The molecule has 1 aromatic heterocycles. The smallest absolute Gasteiger partial charge is 0.249 e. The molecule has 4 rings (SSSR count). The van der Waals surface area contributed by atoms with Crippen LogP contribution in [-0.2, 0) is 4.74 Å². The number of fused-ring (bicyclic) bond motifs is 1. The van der Waals surface area contributed by atoms with Crippen LogP contribution in [0.1, 0.15) is 18.9 Å². The molecule has 7 heteroatoms. The van der Waals surface area contributed by atoms with Crippen LogP contribution < -0.4 is 15.2 Å². The monoisotopic (exact) mass is 308 g/mol. The number of ether oxygens (including phenoxy) is 1. The second-order valence-electron chi connectivity index (χ2n) is 5.35. The first-order chi connectivity index (χ1) is 10.8. The van der Waals surface area contributed by atoms with Gasteiger partial charge in [-0.15, -0.1) is 0 Å². The number of rotatable bonds is 1. The average molecular weight is 308 g/mol. The third-order valence-electron chi connectivity index (χ3n) is 3.32. The van der Waals surface area contributed by atoms with E-state index in [1.54, 1.807) is 0 Å². The van der Waals surface area contributed by atoms with Crippen LogP contribution in [0.4, 0.5) is 0 Å². The summed E-state index contributed by atoms with van der Waals surface area (Å²) >= 11 is 0. The summed E-state index contributed by atoms with van der Waals surface area (Å²) in [7, 11) is 3.75. The van der Waals surface area contributed by atoms with Gasteiger partial charge in [-0.1, -0.05) is 17.3 Å². The van der Waals surface area contributed by atoms with Gasteiger partial charge in [-0.3, -0.25) is 0 Å². The molecule has 0 unspecified atom stereocenters. The Hall–Kier alpha value is -1.70. The summed E-state index contributed by atoms with van der Waals surface area (Å²) in [4.78, 5) is 11.4. The van der Waals surface area contributed by atoms with E-state index in [0.29, 0.717) is 6.04 Å². The normalized spacial score (nSPS) is 17.2. The van der Waals surface area contributed by atoms with Gasteiger partial charge in [0.2, 0.25) is 11.0 Å². The molecular formula is C15H26N5O2+. The van der Waals surface area contributed by atoms with Gasteiger partial charge in [-0.2, -0.15) is 4.68 Å². The van der Waals surface area contributed by atoms with E-state index in [0.717, 1.165) is 41.9 Å². The zero-order valence-electron chi connectivity index (χ0n) is 13.3. The van der Waals surface area contributed by atoms with Gasteiger partial charge in [0, 0.05) is 13.1 Å². The number of morpholine rings is 1. The summed E-state index contributed by atoms with van der Waals surface area (Å²) in [5, 5.41) is 8.70. The summed E-state index contributed by atoms with van der Waals surface area (Å²) in [6.07, 6.45) is 2.35. The minimum Gasteiger partial charge on any atom is -0.379 e. The molecule has 1 aliphatic heterocycles. The van der Waals surface area contributed by atoms with Gasteiger partial charge in [0.15, 0.2) is 0 Å². The fraction of sp³-hybridized carbons (Fsp3) is 0.600. The van der Waals surface area contributed by atoms with E-state index < -0.39 is 0 Å². The van der Waals surface area contributed by atoms with Crippen molar-refractivity contribution in [2.24, 2.45) is 0 Å². The first kappa shape index (κ1) is 16.7. The molecule has 7 nitrogen and oxygen atoms in total. The Labute approximate surface area is 130 Å². The lowest BCUT2D eigenvalue weighted by Gasteiger charge is -2.10. The number of hydrogen-bond acceptors (Lipinski definition) is 4. The molecular weight excluding hydrogens is 282 g/mol. The van der Waals surface area contributed by atoms with E-state index in [1.807, 2.05) is 43.0 Å². The zero-order valence-corrected chi connectivity index (χ0v) is 13.3. The number of para-hydroxylation sites is 2. The van der Waals surface area contributed by atoms with Crippen molar-refractivity contribution in [3.8, 4) is 0 Å². The van der Waals surface area contributed by atoms with Crippen LogP contribution in [0.5, 0.6) is 0 Å². The lowest BCUT2D eigenvalue weighted by Crippen LogP contribution is -2.30. The van der Waals surface area contributed by atoms with Crippen LogP contribution in [0.3, 0.4) is 0 Å². The van der Waals surface area contributed by atoms with Crippen LogP contribution in [-0.4, -0.2) is 50.3 Å². The number of nitrogens with one attached hydrogen (secondary N) is 3. The topological polar surface area (TPSA) is 77.0 Å². The first-order valence-corrected chi connectivity index (χ1v) is 7.76. The van der Waals surface area contributed by atoms with Gasteiger partial charge in [-0.05, 0) is 44.0 Å². The summed E-state index contributed by atoms with van der Waals surface area (Å²) in [5.41, 5.74) is 1.72. The lowest BCUT2D eigenvalue weighted by atomic mass is 10.3. The highest BCUT2D eigenvalue weighted by molar-refractivity contribution is 5.70. The Morgan fingerprint density at radius 3 is 2.36 bits per heavy atom. The van der Waals surface area contributed by atoms with Gasteiger partial charge in [0.1, 0.15) is 6.04 Å². The van der Waals surface area contributed by atoms with Crippen LogP contribution >= 0.6 is 0 Å². The number of H-pyrrole nitrogens is 1. The van der Waals surface area contributed by atoms with Crippen molar-refractivity contribution < 1.29 is 9.28 Å². The van der Waals surface area contributed by atoms with E-state index in [-0.39, 0.29) is 0 Å². The van der Waals surface area contributed by atoms with Crippen molar-refractivity contribution in [3.63, 3.8) is 0 Å².